The summed E-state index contributed by atoms with van der Waals surface area (Å²) in [5.41, 5.74) is -1.50. The van der Waals surface area contributed by atoms with E-state index < -0.39 is 51.3 Å². The van der Waals surface area contributed by atoms with Gasteiger partial charge < -0.3 is 20.4 Å². The summed E-state index contributed by atoms with van der Waals surface area (Å²) in [5, 5.41) is 35.9. The van der Waals surface area contributed by atoms with Gasteiger partial charge in [0, 0.05) is 0 Å². The van der Waals surface area contributed by atoms with Crippen LogP contribution in [0.1, 0.15) is 10.5 Å². The minimum Gasteiger partial charge on any atom is -0.476 e. The monoisotopic (exact) mass is 312 g/mol. The summed E-state index contributed by atoms with van der Waals surface area (Å²) in [6, 6.07) is 0. The summed E-state index contributed by atoms with van der Waals surface area (Å²) in [4.78, 5) is 14.2. The predicted octanol–water partition coefficient (Wildman–Crippen LogP) is -2.16. The average molecular weight is 312 g/mol. The van der Waals surface area contributed by atoms with Crippen molar-refractivity contribution >= 4 is 27.3 Å². The van der Waals surface area contributed by atoms with Crippen molar-refractivity contribution in [1.82, 2.24) is 9.71 Å². The Bertz CT molecular complexity index is 541. The van der Waals surface area contributed by atoms with E-state index in [0.717, 1.165) is 5.51 Å². The molecule has 0 unspecified atom stereocenters. The molecule has 108 valence electrons. The first-order valence-electron chi connectivity index (χ1n) is 4.85. The van der Waals surface area contributed by atoms with Crippen molar-refractivity contribution in [2.75, 3.05) is 19.8 Å². The molecule has 1 aromatic rings. The largest absolute Gasteiger partial charge is 0.476 e. The van der Waals surface area contributed by atoms with Gasteiger partial charge in [-0.25, -0.2) is 18.2 Å². The molecule has 0 bridgehead atoms. The summed E-state index contributed by atoms with van der Waals surface area (Å²) >= 11 is 0.570. The third kappa shape index (κ3) is 3.26. The molecular weight excluding hydrogens is 300 g/mol. The topological polar surface area (TPSA) is 157 Å². The van der Waals surface area contributed by atoms with Gasteiger partial charge in [0.25, 0.3) is 10.0 Å². The fraction of sp³-hybridized carbons (Fsp3) is 0.500. The maximum absolute atomic E-state index is 12.0. The lowest BCUT2D eigenvalue weighted by molar-refractivity contribution is 0.0582. The number of thiazole rings is 1. The molecule has 0 saturated heterocycles. The maximum atomic E-state index is 12.0. The second kappa shape index (κ2) is 5.90. The molecule has 11 heteroatoms. The van der Waals surface area contributed by atoms with Gasteiger partial charge in [0.05, 0.1) is 25.3 Å². The van der Waals surface area contributed by atoms with Gasteiger partial charge >= 0.3 is 5.97 Å². The van der Waals surface area contributed by atoms with Crippen LogP contribution >= 0.6 is 11.3 Å². The Balaban J connectivity index is 3.18. The van der Waals surface area contributed by atoms with E-state index in [1.54, 1.807) is 0 Å². The molecule has 1 aromatic heterocycles. The van der Waals surface area contributed by atoms with Gasteiger partial charge in [0.15, 0.2) is 9.90 Å². The lowest BCUT2D eigenvalue weighted by atomic mass is 10.1. The summed E-state index contributed by atoms with van der Waals surface area (Å²) < 4.78 is 25.3. The summed E-state index contributed by atoms with van der Waals surface area (Å²) in [7, 11) is -4.34. The quantitative estimate of drug-likeness (QED) is 0.381. The summed E-state index contributed by atoms with van der Waals surface area (Å²) in [6.45, 7) is -2.58. The van der Waals surface area contributed by atoms with E-state index in [-0.39, 0.29) is 0 Å². The van der Waals surface area contributed by atoms with E-state index in [1.165, 1.54) is 0 Å². The highest BCUT2D eigenvalue weighted by Crippen LogP contribution is 2.21. The van der Waals surface area contributed by atoms with Gasteiger partial charge in [-0.3, -0.25) is 0 Å². The minimum atomic E-state index is -4.34. The molecular formula is C8H12N2O7S2. The number of sulfonamides is 1. The predicted molar refractivity (Wildman–Crippen MR) is 63.4 cm³/mol. The molecule has 9 nitrogen and oxygen atoms in total. The fourth-order valence-electron chi connectivity index (χ4n) is 1.15. The SMILES string of the molecule is O=C(O)c1ncsc1S(=O)(=O)NC(CO)(CO)CO. The molecule has 0 aliphatic carbocycles. The van der Waals surface area contributed by atoms with E-state index in [4.69, 9.17) is 20.4 Å². The van der Waals surface area contributed by atoms with Gasteiger partial charge in [-0.05, 0) is 0 Å². The maximum Gasteiger partial charge on any atom is 0.356 e. The molecule has 1 heterocycles. The van der Waals surface area contributed by atoms with Gasteiger partial charge in [0.1, 0.15) is 5.54 Å². The standard InChI is InChI=1S/C8H12N2O7S2/c11-1-8(2-12,3-13)10-19(16,17)7-5(6(14)15)9-4-18-7/h4,10-13H,1-3H2,(H,14,15). The molecule has 1 rings (SSSR count). The second-order valence-electron chi connectivity index (χ2n) is 3.65. The minimum absolute atomic E-state index is 0.570. The highest BCUT2D eigenvalue weighted by molar-refractivity contribution is 7.91. The molecule has 5 N–H and O–H groups in total. The van der Waals surface area contributed by atoms with Gasteiger partial charge in [0.2, 0.25) is 0 Å². The number of aromatic carboxylic acids is 1. The number of aliphatic hydroxyl groups excluding tert-OH is 3. The number of aliphatic hydroxyl groups is 3. The van der Waals surface area contributed by atoms with E-state index in [9.17, 15) is 13.2 Å². The molecule has 0 amide bonds. The number of rotatable bonds is 7. The molecule has 0 fully saturated rings. The molecule has 0 aliphatic heterocycles. The van der Waals surface area contributed by atoms with Crippen molar-refractivity contribution in [2.24, 2.45) is 0 Å². The Hall–Kier alpha value is -1.11. The highest BCUT2D eigenvalue weighted by atomic mass is 32.2. The van der Waals surface area contributed by atoms with Crippen LogP contribution in [0.5, 0.6) is 0 Å². The van der Waals surface area contributed by atoms with E-state index in [1.807, 2.05) is 4.72 Å². The van der Waals surface area contributed by atoms with Gasteiger partial charge in [-0.2, -0.15) is 4.72 Å². The van der Waals surface area contributed by atoms with Gasteiger partial charge in [-0.15, -0.1) is 11.3 Å². The number of carboxylic acid groups (broad SMARTS) is 1. The Labute approximate surface area is 112 Å². The van der Waals surface area contributed by atoms with Crippen molar-refractivity contribution in [1.29, 1.82) is 0 Å². The Morgan fingerprint density at radius 2 is 1.84 bits per heavy atom. The number of carboxylic acids is 1. The Morgan fingerprint density at radius 3 is 2.26 bits per heavy atom. The van der Waals surface area contributed by atoms with Crippen molar-refractivity contribution in [3.8, 4) is 0 Å². The van der Waals surface area contributed by atoms with E-state index >= 15 is 0 Å². The van der Waals surface area contributed by atoms with Crippen LogP contribution in [-0.2, 0) is 10.0 Å². The van der Waals surface area contributed by atoms with Crippen molar-refractivity contribution in [3.63, 3.8) is 0 Å². The van der Waals surface area contributed by atoms with Crippen molar-refractivity contribution in [2.45, 2.75) is 9.75 Å². The van der Waals surface area contributed by atoms with E-state index in [2.05, 4.69) is 4.98 Å². The number of carbonyl (C=O) groups is 1. The molecule has 0 aliphatic rings. The van der Waals surface area contributed by atoms with Crippen LogP contribution in [0.15, 0.2) is 9.72 Å². The average Bonchev–Trinajstić information content (AvgIpc) is 2.86. The summed E-state index contributed by atoms with van der Waals surface area (Å²) in [5.74, 6) is -1.52. The van der Waals surface area contributed by atoms with Gasteiger partial charge in [-0.1, -0.05) is 0 Å². The van der Waals surface area contributed by atoms with Crippen LogP contribution in [0.4, 0.5) is 0 Å². The lowest BCUT2D eigenvalue weighted by Gasteiger charge is -2.27. The number of nitrogens with zero attached hydrogens (tertiary/aromatic N) is 1. The zero-order valence-electron chi connectivity index (χ0n) is 9.48. The van der Waals surface area contributed by atoms with Crippen LogP contribution in [0.3, 0.4) is 0 Å². The zero-order valence-corrected chi connectivity index (χ0v) is 11.1. The van der Waals surface area contributed by atoms with Crippen LogP contribution < -0.4 is 4.72 Å². The lowest BCUT2D eigenvalue weighted by Crippen LogP contribution is -2.56. The summed E-state index contributed by atoms with van der Waals surface area (Å²) in [6.07, 6.45) is 0. The van der Waals surface area contributed by atoms with Crippen LogP contribution in [0.2, 0.25) is 0 Å². The third-order valence-corrected chi connectivity index (χ3v) is 5.19. The fourth-order valence-corrected chi connectivity index (χ4v) is 3.66. The van der Waals surface area contributed by atoms with Crippen LogP contribution in [-0.4, -0.2) is 65.2 Å². The van der Waals surface area contributed by atoms with Crippen molar-refractivity contribution in [3.05, 3.63) is 11.2 Å². The Kier molecular flexibility index (Phi) is 4.95. The van der Waals surface area contributed by atoms with E-state index in [0.29, 0.717) is 11.3 Å². The molecule has 0 saturated carbocycles. The second-order valence-corrected chi connectivity index (χ2v) is 6.39. The molecule has 19 heavy (non-hydrogen) atoms. The Morgan fingerprint density at radius 1 is 1.32 bits per heavy atom. The zero-order chi connectivity index (χ0) is 14.7. The van der Waals surface area contributed by atoms with Crippen LogP contribution in [0.25, 0.3) is 0 Å². The number of nitrogens with one attached hydrogen (secondary N) is 1. The first-order chi connectivity index (χ1) is 8.82. The molecule has 0 spiro atoms. The smallest absolute Gasteiger partial charge is 0.356 e. The number of hydrogen-bond acceptors (Lipinski definition) is 8. The third-order valence-electron chi connectivity index (χ3n) is 2.24. The highest BCUT2D eigenvalue weighted by Gasteiger charge is 2.36. The molecule has 0 aromatic carbocycles. The number of aromatic nitrogens is 1. The van der Waals surface area contributed by atoms with Crippen LogP contribution in [0, 0.1) is 0 Å². The molecule has 0 atom stereocenters. The first-order valence-corrected chi connectivity index (χ1v) is 7.21. The first kappa shape index (κ1) is 15.9. The van der Waals surface area contributed by atoms with Crippen molar-refractivity contribution < 1.29 is 33.6 Å². The molecule has 0 radical (unpaired) electrons. The normalized spacial score (nSPS) is 12.6. The number of hydrogen-bond donors (Lipinski definition) is 5.